The van der Waals surface area contributed by atoms with Gasteiger partial charge in [0.25, 0.3) is 0 Å². The molecule has 2 rings (SSSR count). The topological polar surface area (TPSA) is 50.4 Å². The maximum absolute atomic E-state index is 11.8. The fourth-order valence-corrected chi connectivity index (χ4v) is 2.09. The molecule has 104 valence electrons. The molecular formula is C15H15BrN2O2. The predicted molar refractivity (Wildman–Crippen MR) is 84.3 cm³/mol. The molecule has 0 aliphatic heterocycles. The van der Waals surface area contributed by atoms with Crippen molar-refractivity contribution in [2.75, 3.05) is 24.3 Å². The van der Waals surface area contributed by atoms with Crippen LogP contribution in [0, 0.1) is 0 Å². The lowest BCUT2D eigenvalue weighted by atomic mass is 10.3. The van der Waals surface area contributed by atoms with Crippen molar-refractivity contribution in [1.29, 1.82) is 0 Å². The molecule has 5 heteroatoms. The summed E-state index contributed by atoms with van der Waals surface area (Å²) in [4.78, 5) is 11.8. The number of rotatable bonds is 5. The zero-order valence-corrected chi connectivity index (χ0v) is 12.6. The zero-order valence-electron chi connectivity index (χ0n) is 11.0. The first-order valence-corrected chi connectivity index (χ1v) is 6.90. The summed E-state index contributed by atoms with van der Waals surface area (Å²) in [5.74, 6) is 0.622. The van der Waals surface area contributed by atoms with Crippen molar-refractivity contribution in [2.45, 2.75) is 0 Å². The Kier molecular flexibility index (Phi) is 5.01. The Labute approximate surface area is 126 Å². The molecule has 0 saturated heterocycles. The summed E-state index contributed by atoms with van der Waals surface area (Å²) in [6.45, 7) is 0.194. The molecule has 0 unspecified atom stereocenters. The average molecular weight is 335 g/mol. The number of carbonyl (C=O) groups is 1. The van der Waals surface area contributed by atoms with E-state index < -0.39 is 0 Å². The van der Waals surface area contributed by atoms with Crippen LogP contribution in [0.2, 0.25) is 0 Å². The highest BCUT2D eigenvalue weighted by atomic mass is 79.9. The fourth-order valence-electron chi connectivity index (χ4n) is 1.68. The van der Waals surface area contributed by atoms with Gasteiger partial charge in [0.1, 0.15) is 5.75 Å². The first-order valence-electron chi connectivity index (χ1n) is 6.11. The third-order valence-corrected chi connectivity index (χ3v) is 3.32. The Morgan fingerprint density at radius 1 is 1.15 bits per heavy atom. The number of hydrogen-bond acceptors (Lipinski definition) is 3. The maximum Gasteiger partial charge on any atom is 0.243 e. The van der Waals surface area contributed by atoms with Crippen LogP contribution in [0.3, 0.4) is 0 Å². The molecule has 0 heterocycles. The minimum Gasteiger partial charge on any atom is -0.495 e. The summed E-state index contributed by atoms with van der Waals surface area (Å²) < 4.78 is 6.08. The molecule has 2 aromatic carbocycles. The average Bonchev–Trinajstić information content (AvgIpc) is 2.47. The van der Waals surface area contributed by atoms with Gasteiger partial charge in [-0.05, 0) is 40.2 Å². The fraction of sp³-hybridized carbons (Fsp3) is 0.133. The Balaban J connectivity index is 1.90. The van der Waals surface area contributed by atoms with Crippen LogP contribution in [0.25, 0.3) is 0 Å². The van der Waals surface area contributed by atoms with Crippen molar-refractivity contribution >= 4 is 33.2 Å². The van der Waals surface area contributed by atoms with E-state index in [0.717, 1.165) is 21.6 Å². The van der Waals surface area contributed by atoms with Gasteiger partial charge in [0.05, 0.1) is 18.1 Å². The van der Waals surface area contributed by atoms with Crippen LogP contribution in [-0.2, 0) is 4.79 Å². The molecule has 0 bridgehead atoms. The van der Waals surface area contributed by atoms with Gasteiger partial charge in [-0.25, -0.2) is 0 Å². The number of hydrogen-bond donors (Lipinski definition) is 2. The number of para-hydroxylation sites is 1. The Bertz CT molecular complexity index is 588. The third kappa shape index (κ3) is 3.99. The molecule has 1 amide bonds. The van der Waals surface area contributed by atoms with Gasteiger partial charge in [0.15, 0.2) is 0 Å². The van der Waals surface area contributed by atoms with E-state index in [0.29, 0.717) is 0 Å². The quantitative estimate of drug-likeness (QED) is 0.879. The van der Waals surface area contributed by atoms with Crippen molar-refractivity contribution in [2.24, 2.45) is 0 Å². The second kappa shape index (κ2) is 6.96. The highest BCUT2D eigenvalue weighted by Crippen LogP contribution is 2.27. The maximum atomic E-state index is 11.8. The van der Waals surface area contributed by atoms with E-state index in [-0.39, 0.29) is 12.5 Å². The number of methoxy groups -OCH3 is 1. The van der Waals surface area contributed by atoms with Gasteiger partial charge >= 0.3 is 0 Å². The van der Waals surface area contributed by atoms with Crippen molar-refractivity contribution in [3.05, 3.63) is 53.0 Å². The van der Waals surface area contributed by atoms with Crippen molar-refractivity contribution in [3.63, 3.8) is 0 Å². The van der Waals surface area contributed by atoms with Crippen LogP contribution in [0.4, 0.5) is 11.4 Å². The first kappa shape index (κ1) is 14.4. The predicted octanol–water partition coefficient (Wildman–Crippen LogP) is 3.51. The molecule has 2 N–H and O–H groups in total. The van der Waals surface area contributed by atoms with Gasteiger partial charge in [0, 0.05) is 17.4 Å². The normalized spacial score (nSPS) is 9.90. The lowest BCUT2D eigenvalue weighted by molar-refractivity contribution is -0.114. The van der Waals surface area contributed by atoms with Gasteiger partial charge in [-0.3, -0.25) is 4.79 Å². The molecule has 0 atom stereocenters. The lowest BCUT2D eigenvalue weighted by Crippen LogP contribution is -2.21. The standard InChI is InChI=1S/C15H15BrN2O2/c1-20-14-9-12(7-8-13(14)16)17-10-15(19)18-11-5-3-2-4-6-11/h2-9,17H,10H2,1H3,(H,18,19). The van der Waals surface area contributed by atoms with E-state index in [1.165, 1.54) is 0 Å². The van der Waals surface area contributed by atoms with Crippen LogP contribution in [-0.4, -0.2) is 19.6 Å². The van der Waals surface area contributed by atoms with Crippen LogP contribution in [0.5, 0.6) is 5.75 Å². The smallest absolute Gasteiger partial charge is 0.243 e. The van der Waals surface area contributed by atoms with Gasteiger partial charge in [-0.1, -0.05) is 18.2 Å². The van der Waals surface area contributed by atoms with Crippen molar-refractivity contribution in [3.8, 4) is 5.75 Å². The second-order valence-electron chi connectivity index (χ2n) is 4.12. The number of benzene rings is 2. The van der Waals surface area contributed by atoms with E-state index in [1.54, 1.807) is 7.11 Å². The van der Waals surface area contributed by atoms with Gasteiger partial charge in [-0.15, -0.1) is 0 Å². The van der Waals surface area contributed by atoms with E-state index in [4.69, 9.17) is 4.74 Å². The zero-order chi connectivity index (χ0) is 14.4. The van der Waals surface area contributed by atoms with Crippen molar-refractivity contribution in [1.82, 2.24) is 0 Å². The number of halogens is 1. The number of carbonyl (C=O) groups excluding carboxylic acids is 1. The van der Waals surface area contributed by atoms with E-state index in [9.17, 15) is 4.79 Å². The Hall–Kier alpha value is -2.01. The third-order valence-electron chi connectivity index (χ3n) is 2.66. The van der Waals surface area contributed by atoms with E-state index in [1.807, 2.05) is 48.5 Å². The molecule has 0 aromatic heterocycles. The summed E-state index contributed by atoms with van der Waals surface area (Å²) in [7, 11) is 1.60. The Morgan fingerprint density at radius 3 is 2.60 bits per heavy atom. The molecule has 0 fully saturated rings. The largest absolute Gasteiger partial charge is 0.495 e. The molecule has 0 aliphatic rings. The summed E-state index contributed by atoms with van der Waals surface area (Å²) in [5.41, 5.74) is 1.61. The van der Waals surface area contributed by atoms with E-state index in [2.05, 4.69) is 26.6 Å². The molecule has 20 heavy (non-hydrogen) atoms. The van der Waals surface area contributed by atoms with E-state index >= 15 is 0 Å². The number of amides is 1. The molecule has 0 radical (unpaired) electrons. The van der Waals surface area contributed by atoms with Crippen LogP contribution >= 0.6 is 15.9 Å². The SMILES string of the molecule is COc1cc(NCC(=O)Nc2ccccc2)ccc1Br. The first-order chi connectivity index (χ1) is 9.69. The summed E-state index contributed by atoms with van der Waals surface area (Å²) in [5, 5.41) is 5.86. The number of ether oxygens (including phenoxy) is 1. The summed E-state index contributed by atoms with van der Waals surface area (Å²) in [6.07, 6.45) is 0. The minimum atomic E-state index is -0.0990. The van der Waals surface area contributed by atoms with Crippen LogP contribution in [0.15, 0.2) is 53.0 Å². The molecule has 0 spiro atoms. The van der Waals surface area contributed by atoms with Crippen LogP contribution < -0.4 is 15.4 Å². The Morgan fingerprint density at radius 2 is 1.90 bits per heavy atom. The molecule has 2 aromatic rings. The second-order valence-corrected chi connectivity index (χ2v) is 4.97. The van der Waals surface area contributed by atoms with Gasteiger partial charge in [-0.2, -0.15) is 0 Å². The highest BCUT2D eigenvalue weighted by molar-refractivity contribution is 9.10. The molecule has 0 aliphatic carbocycles. The molecular weight excluding hydrogens is 320 g/mol. The van der Waals surface area contributed by atoms with Gasteiger partial charge in [0.2, 0.25) is 5.91 Å². The highest BCUT2D eigenvalue weighted by Gasteiger charge is 2.04. The summed E-state index contributed by atoms with van der Waals surface area (Å²) in [6, 6.07) is 14.9. The molecule has 0 saturated carbocycles. The summed E-state index contributed by atoms with van der Waals surface area (Å²) >= 11 is 3.38. The minimum absolute atomic E-state index is 0.0990. The number of nitrogens with one attached hydrogen (secondary N) is 2. The van der Waals surface area contributed by atoms with Crippen LogP contribution in [0.1, 0.15) is 0 Å². The lowest BCUT2D eigenvalue weighted by Gasteiger charge is -2.10. The molecule has 4 nitrogen and oxygen atoms in total. The number of anilines is 2. The van der Waals surface area contributed by atoms with Gasteiger partial charge < -0.3 is 15.4 Å². The van der Waals surface area contributed by atoms with Crippen molar-refractivity contribution < 1.29 is 9.53 Å². The monoisotopic (exact) mass is 334 g/mol.